The number of halogens is 3. The Hall–Kier alpha value is -2.34. The number of carbonyl (C=O) groups is 1. The van der Waals surface area contributed by atoms with E-state index in [1.807, 2.05) is 6.92 Å². The van der Waals surface area contributed by atoms with Crippen molar-refractivity contribution in [1.29, 1.82) is 0 Å². The van der Waals surface area contributed by atoms with Gasteiger partial charge in [-0.15, -0.1) is 0 Å². The van der Waals surface area contributed by atoms with E-state index in [0.717, 1.165) is 16.7 Å². The first-order chi connectivity index (χ1) is 12.0. The summed E-state index contributed by atoms with van der Waals surface area (Å²) in [7, 11) is 0. The average Bonchev–Trinajstić information content (AvgIpc) is 2.87. The summed E-state index contributed by atoms with van der Waals surface area (Å²) in [4.78, 5) is 11.0. The maximum absolute atomic E-state index is 14.4. The summed E-state index contributed by atoms with van der Waals surface area (Å²) in [6.45, 7) is 6.04. The smallest absolute Gasteiger partial charge is 0.426 e. The normalized spacial score (nSPS) is 18.6. The number of carboxylic acids is 1. The van der Waals surface area contributed by atoms with Crippen LogP contribution >= 0.6 is 0 Å². The van der Waals surface area contributed by atoms with Crippen LogP contribution in [-0.4, -0.2) is 23.9 Å². The Morgan fingerprint density at radius 3 is 2.19 bits per heavy atom. The van der Waals surface area contributed by atoms with Crippen LogP contribution < -0.4 is 0 Å². The van der Waals surface area contributed by atoms with Crippen molar-refractivity contribution >= 4 is 5.97 Å². The molecule has 0 aliphatic heterocycles. The lowest BCUT2D eigenvalue weighted by Crippen LogP contribution is -2.46. The van der Waals surface area contributed by atoms with Gasteiger partial charge >= 0.3 is 12.1 Å². The van der Waals surface area contributed by atoms with Crippen molar-refractivity contribution in [3.63, 3.8) is 0 Å². The molecule has 0 radical (unpaired) electrons. The lowest BCUT2D eigenvalue weighted by Gasteiger charge is -2.35. The van der Waals surface area contributed by atoms with Crippen LogP contribution in [0.4, 0.5) is 13.2 Å². The Morgan fingerprint density at radius 1 is 1.04 bits per heavy atom. The first-order valence-electron chi connectivity index (χ1n) is 8.17. The number of ether oxygens (including phenoxy) is 1. The van der Waals surface area contributed by atoms with Crippen LogP contribution in [0.25, 0.3) is 11.1 Å². The molecule has 0 saturated heterocycles. The third-order valence-electron chi connectivity index (χ3n) is 5.43. The predicted octanol–water partition coefficient (Wildman–Crippen LogP) is 4.81. The predicted molar refractivity (Wildman–Crippen MR) is 91.2 cm³/mol. The SMILES string of the molecule is Cc1c(C)c(C)c2c(c1C)-c1ccccc1C2(OCC(=O)O)C(F)(F)F. The second kappa shape index (κ2) is 5.84. The summed E-state index contributed by atoms with van der Waals surface area (Å²) < 4.78 is 48.5. The fourth-order valence-corrected chi connectivity index (χ4v) is 3.93. The molecule has 1 N–H and O–H groups in total. The summed E-state index contributed by atoms with van der Waals surface area (Å²) in [5.74, 6) is -1.45. The molecule has 1 unspecified atom stereocenters. The van der Waals surface area contributed by atoms with Gasteiger partial charge in [0.15, 0.2) is 0 Å². The highest BCUT2D eigenvalue weighted by Crippen LogP contribution is 2.59. The maximum atomic E-state index is 14.4. The van der Waals surface area contributed by atoms with E-state index < -0.39 is 24.4 Å². The van der Waals surface area contributed by atoms with Crippen LogP contribution in [0.3, 0.4) is 0 Å². The van der Waals surface area contributed by atoms with Crippen LogP contribution in [0, 0.1) is 27.7 Å². The molecule has 6 heteroatoms. The van der Waals surface area contributed by atoms with Crippen LogP contribution in [0.1, 0.15) is 33.4 Å². The van der Waals surface area contributed by atoms with Crippen molar-refractivity contribution < 1.29 is 27.8 Å². The maximum Gasteiger partial charge on any atom is 0.426 e. The fourth-order valence-electron chi connectivity index (χ4n) is 3.93. The first kappa shape index (κ1) is 18.5. The zero-order valence-corrected chi connectivity index (χ0v) is 14.9. The number of hydrogen-bond acceptors (Lipinski definition) is 2. The molecule has 0 amide bonds. The van der Waals surface area contributed by atoms with E-state index in [-0.39, 0.29) is 11.1 Å². The van der Waals surface area contributed by atoms with Crippen molar-refractivity contribution in [3.8, 4) is 11.1 Å². The monoisotopic (exact) mass is 364 g/mol. The average molecular weight is 364 g/mol. The van der Waals surface area contributed by atoms with Gasteiger partial charge in [-0.05, 0) is 61.1 Å². The molecule has 1 aliphatic rings. The molecule has 0 aromatic heterocycles. The minimum atomic E-state index is -4.82. The van der Waals surface area contributed by atoms with Gasteiger partial charge in [-0.25, -0.2) is 4.79 Å². The van der Waals surface area contributed by atoms with E-state index in [4.69, 9.17) is 9.84 Å². The van der Waals surface area contributed by atoms with Crippen LogP contribution in [-0.2, 0) is 15.1 Å². The number of benzene rings is 2. The Balaban J connectivity index is 2.50. The zero-order valence-electron chi connectivity index (χ0n) is 14.9. The third kappa shape index (κ3) is 2.28. The van der Waals surface area contributed by atoms with Crippen molar-refractivity contribution in [2.45, 2.75) is 39.5 Å². The van der Waals surface area contributed by atoms with E-state index in [2.05, 4.69) is 0 Å². The van der Waals surface area contributed by atoms with Crippen molar-refractivity contribution in [3.05, 3.63) is 57.6 Å². The van der Waals surface area contributed by atoms with Crippen molar-refractivity contribution in [1.82, 2.24) is 0 Å². The second-order valence-corrected chi connectivity index (χ2v) is 6.66. The molecule has 0 heterocycles. The molecular formula is C20H19F3O3. The molecular weight excluding hydrogens is 345 g/mol. The molecule has 1 aliphatic carbocycles. The number of aliphatic carboxylic acids is 1. The molecule has 1 atom stereocenters. The zero-order chi connectivity index (χ0) is 19.4. The molecule has 0 bridgehead atoms. The summed E-state index contributed by atoms with van der Waals surface area (Å²) >= 11 is 0. The van der Waals surface area contributed by atoms with E-state index in [1.54, 1.807) is 32.9 Å². The lowest BCUT2D eigenvalue weighted by molar-refractivity contribution is -0.265. The highest BCUT2D eigenvalue weighted by atomic mass is 19.4. The lowest BCUT2D eigenvalue weighted by atomic mass is 9.83. The highest BCUT2D eigenvalue weighted by Gasteiger charge is 2.64. The standard InChI is InChI=1S/C20H19F3O3/c1-10-11(2)13(4)18-17(12(10)3)14-7-5-6-8-15(14)19(18,20(21,22)23)26-9-16(24)25/h5-8H,9H2,1-4H3,(H,24,25). The summed E-state index contributed by atoms with van der Waals surface area (Å²) in [5, 5.41) is 8.98. The first-order valence-corrected chi connectivity index (χ1v) is 8.17. The minimum Gasteiger partial charge on any atom is -0.480 e. The quantitative estimate of drug-likeness (QED) is 0.850. The van der Waals surface area contributed by atoms with Gasteiger partial charge in [-0.1, -0.05) is 24.3 Å². The number of alkyl halides is 3. The largest absolute Gasteiger partial charge is 0.480 e. The summed E-state index contributed by atoms with van der Waals surface area (Å²) in [6.07, 6.45) is -4.82. The third-order valence-corrected chi connectivity index (χ3v) is 5.43. The molecule has 0 fully saturated rings. The van der Waals surface area contributed by atoms with E-state index in [1.165, 1.54) is 12.1 Å². The molecule has 0 saturated carbocycles. The second-order valence-electron chi connectivity index (χ2n) is 6.66. The highest BCUT2D eigenvalue weighted by molar-refractivity contribution is 5.86. The summed E-state index contributed by atoms with van der Waals surface area (Å²) in [6, 6.07) is 6.19. The summed E-state index contributed by atoms with van der Waals surface area (Å²) in [5.41, 5.74) is 0.993. The molecule has 0 spiro atoms. The molecule has 26 heavy (non-hydrogen) atoms. The molecule has 2 aromatic rings. The Kier molecular flexibility index (Phi) is 4.15. The van der Waals surface area contributed by atoms with Gasteiger partial charge in [0.1, 0.15) is 6.61 Å². The number of rotatable bonds is 3. The molecule has 3 rings (SSSR count). The van der Waals surface area contributed by atoms with E-state index in [0.29, 0.717) is 16.7 Å². The van der Waals surface area contributed by atoms with Crippen LogP contribution in [0.2, 0.25) is 0 Å². The molecule has 2 aromatic carbocycles. The van der Waals surface area contributed by atoms with E-state index in [9.17, 15) is 18.0 Å². The fraction of sp³-hybridized carbons (Fsp3) is 0.350. The number of carboxylic acid groups (broad SMARTS) is 1. The number of hydrogen-bond donors (Lipinski definition) is 1. The number of fused-ring (bicyclic) bond motifs is 3. The van der Waals surface area contributed by atoms with Gasteiger partial charge in [0.2, 0.25) is 5.60 Å². The topological polar surface area (TPSA) is 46.5 Å². The van der Waals surface area contributed by atoms with Gasteiger partial charge in [0, 0.05) is 11.1 Å². The Morgan fingerprint density at radius 2 is 1.62 bits per heavy atom. The Labute approximate surface area is 149 Å². The van der Waals surface area contributed by atoms with E-state index >= 15 is 0 Å². The van der Waals surface area contributed by atoms with Crippen LogP contribution in [0.5, 0.6) is 0 Å². The minimum absolute atomic E-state index is 0.00745. The van der Waals surface area contributed by atoms with Gasteiger partial charge in [0.25, 0.3) is 0 Å². The van der Waals surface area contributed by atoms with Gasteiger partial charge in [0.05, 0.1) is 0 Å². The molecule has 3 nitrogen and oxygen atoms in total. The van der Waals surface area contributed by atoms with Crippen LogP contribution in [0.15, 0.2) is 24.3 Å². The van der Waals surface area contributed by atoms with Gasteiger partial charge in [-0.2, -0.15) is 13.2 Å². The van der Waals surface area contributed by atoms with Crippen molar-refractivity contribution in [2.24, 2.45) is 0 Å². The van der Waals surface area contributed by atoms with Crippen molar-refractivity contribution in [2.75, 3.05) is 6.61 Å². The molecule has 138 valence electrons. The Bertz CT molecular complexity index is 915. The van der Waals surface area contributed by atoms with Gasteiger partial charge < -0.3 is 9.84 Å². The van der Waals surface area contributed by atoms with Gasteiger partial charge in [-0.3, -0.25) is 0 Å².